The van der Waals surface area contributed by atoms with E-state index in [1.54, 1.807) is 29.8 Å². The minimum absolute atomic E-state index is 0.00593. The minimum Gasteiger partial charge on any atom is -0.478 e. The molecule has 2 aromatic heterocycles. The van der Waals surface area contributed by atoms with Crippen molar-refractivity contribution in [2.45, 2.75) is 37.9 Å². The summed E-state index contributed by atoms with van der Waals surface area (Å²) in [5, 5.41) is 13.0. The second-order valence-electron chi connectivity index (χ2n) is 7.74. The van der Waals surface area contributed by atoms with Crippen molar-refractivity contribution in [2.24, 2.45) is 18.7 Å². The maximum Gasteiger partial charge on any atom is 0.391 e. The molecule has 0 spiro atoms. The Bertz CT molecular complexity index is 1120. The molecule has 0 atom stereocenters. The summed E-state index contributed by atoms with van der Waals surface area (Å²) in [6.07, 6.45) is -1.25. The number of pyridine rings is 1. The van der Waals surface area contributed by atoms with Crippen LogP contribution in [-0.2, 0) is 7.05 Å². The van der Waals surface area contributed by atoms with Crippen LogP contribution in [-0.4, -0.2) is 37.8 Å². The molecule has 2 heterocycles. The summed E-state index contributed by atoms with van der Waals surface area (Å²) in [5.74, 6) is -1.69. The van der Waals surface area contributed by atoms with Gasteiger partial charge in [0.1, 0.15) is 5.52 Å². The van der Waals surface area contributed by atoms with Crippen molar-refractivity contribution in [3.63, 3.8) is 0 Å². The molecule has 1 aliphatic rings. The molecular weight excluding hydrogens is 482 g/mol. The topological polar surface area (TPSA) is 106 Å². The standard InChI is InChI=1S/C14H10Cl2N4O2.C7H12F3N/c1-20-12-10(5-7(6-17-12)13(21)22)18-14(20)19-11-8(15)3-2-4-9(11)16;8-7(9,10)5-1-3-6(11)4-2-5/h2-6H,1H3,(H,18,19)(H,21,22);5-6H,1-4,11H2. The van der Waals surface area contributed by atoms with Crippen molar-refractivity contribution in [1.29, 1.82) is 0 Å². The molecule has 0 saturated heterocycles. The van der Waals surface area contributed by atoms with Crippen LogP contribution in [0.4, 0.5) is 24.8 Å². The van der Waals surface area contributed by atoms with E-state index in [1.165, 1.54) is 12.3 Å². The predicted octanol–water partition coefficient (Wildman–Crippen LogP) is 5.78. The molecule has 1 saturated carbocycles. The van der Waals surface area contributed by atoms with Gasteiger partial charge in [-0.15, -0.1) is 0 Å². The third kappa shape index (κ3) is 6.07. The van der Waals surface area contributed by atoms with E-state index in [4.69, 9.17) is 34.0 Å². The van der Waals surface area contributed by atoms with Crippen LogP contribution in [0.5, 0.6) is 0 Å². The number of imidazole rings is 1. The highest BCUT2D eigenvalue weighted by molar-refractivity contribution is 6.39. The van der Waals surface area contributed by atoms with Crippen LogP contribution in [0.1, 0.15) is 36.0 Å². The van der Waals surface area contributed by atoms with Crippen molar-refractivity contribution >= 4 is 52.0 Å². The lowest BCUT2D eigenvalue weighted by Crippen LogP contribution is -2.33. The van der Waals surface area contributed by atoms with E-state index in [0.29, 0.717) is 45.7 Å². The molecule has 1 fully saturated rings. The summed E-state index contributed by atoms with van der Waals surface area (Å²) >= 11 is 12.2. The van der Waals surface area contributed by atoms with E-state index in [9.17, 15) is 18.0 Å². The number of carboxylic acid groups (broad SMARTS) is 1. The Balaban J connectivity index is 0.000000235. The largest absolute Gasteiger partial charge is 0.478 e. The number of carbonyl (C=O) groups is 1. The fourth-order valence-corrected chi connectivity index (χ4v) is 3.97. The predicted molar refractivity (Wildman–Crippen MR) is 121 cm³/mol. The second kappa shape index (κ2) is 10.1. The van der Waals surface area contributed by atoms with Gasteiger partial charge in [0.15, 0.2) is 5.65 Å². The third-order valence-electron chi connectivity index (χ3n) is 5.39. The number of aromatic nitrogens is 3. The first-order valence-electron chi connectivity index (χ1n) is 10.1. The Morgan fingerprint density at radius 1 is 1.21 bits per heavy atom. The lowest BCUT2D eigenvalue weighted by Gasteiger charge is -2.27. The summed E-state index contributed by atoms with van der Waals surface area (Å²) in [6, 6.07) is 6.61. The molecule has 12 heteroatoms. The molecule has 4 N–H and O–H groups in total. The number of aromatic carboxylic acids is 1. The quantitative estimate of drug-likeness (QED) is 0.418. The number of halogens is 5. The first-order chi connectivity index (χ1) is 15.5. The molecule has 0 amide bonds. The number of hydrogen-bond acceptors (Lipinski definition) is 5. The summed E-state index contributed by atoms with van der Waals surface area (Å²) in [5.41, 5.74) is 7.10. The van der Waals surface area contributed by atoms with E-state index < -0.39 is 18.1 Å². The molecule has 0 unspecified atom stereocenters. The number of rotatable bonds is 3. The van der Waals surface area contributed by atoms with Gasteiger partial charge in [-0.3, -0.25) is 4.57 Å². The van der Waals surface area contributed by atoms with Crippen LogP contribution in [0.2, 0.25) is 10.0 Å². The SMILES string of the molecule is Cn1c(Nc2c(Cl)cccc2Cl)nc2cc(C(=O)O)cnc21.NC1CCC(C(F)(F)F)CC1. The van der Waals surface area contributed by atoms with Crippen LogP contribution in [0.3, 0.4) is 0 Å². The van der Waals surface area contributed by atoms with Gasteiger partial charge >= 0.3 is 12.1 Å². The Morgan fingerprint density at radius 3 is 2.36 bits per heavy atom. The average molecular weight is 504 g/mol. The summed E-state index contributed by atoms with van der Waals surface area (Å²) < 4.78 is 37.8. The van der Waals surface area contributed by atoms with Gasteiger partial charge < -0.3 is 16.2 Å². The fourth-order valence-electron chi connectivity index (χ4n) is 3.48. The highest BCUT2D eigenvalue weighted by Crippen LogP contribution is 2.37. The minimum atomic E-state index is -4.00. The fraction of sp³-hybridized carbons (Fsp3) is 0.381. The number of nitrogens with two attached hydrogens (primary N) is 1. The Hall–Kier alpha value is -2.56. The van der Waals surface area contributed by atoms with Gasteiger partial charge in [0.25, 0.3) is 0 Å². The van der Waals surface area contributed by atoms with Gasteiger partial charge in [-0.1, -0.05) is 29.3 Å². The Kier molecular flexibility index (Phi) is 7.71. The lowest BCUT2D eigenvalue weighted by atomic mass is 9.86. The number of nitrogens with one attached hydrogen (secondary N) is 1. The van der Waals surface area contributed by atoms with E-state index in [-0.39, 0.29) is 24.4 Å². The van der Waals surface area contributed by atoms with Gasteiger partial charge in [-0.2, -0.15) is 13.2 Å². The summed E-state index contributed by atoms with van der Waals surface area (Å²) in [4.78, 5) is 19.5. The molecule has 1 aromatic carbocycles. The number of aryl methyl sites for hydroxylation is 1. The number of anilines is 2. The molecule has 0 bridgehead atoms. The van der Waals surface area contributed by atoms with E-state index in [1.807, 2.05) is 0 Å². The summed E-state index contributed by atoms with van der Waals surface area (Å²) in [6.45, 7) is 0. The first kappa shape index (κ1) is 25.1. The highest BCUT2D eigenvalue weighted by Gasteiger charge is 2.40. The highest BCUT2D eigenvalue weighted by atomic mass is 35.5. The second-order valence-corrected chi connectivity index (χ2v) is 8.56. The maximum atomic E-state index is 12.0. The molecule has 3 aromatic rings. The number of nitrogens with zero attached hydrogens (tertiary/aromatic N) is 3. The Morgan fingerprint density at radius 2 is 1.82 bits per heavy atom. The molecule has 1 aliphatic carbocycles. The monoisotopic (exact) mass is 503 g/mol. The van der Waals surface area contributed by atoms with Crippen molar-refractivity contribution < 1.29 is 23.1 Å². The van der Waals surface area contributed by atoms with E-state index in [0.717, 1.165) is 0 Å². The van der Waals surface area contributed by atoms with Crippen molar-refractivity contribution in [3.05, 3.63) is 46.1 Å². The van der Waals surface area contributed by atoms with Gasteiger partial charge in [0, 0.05) is 19.3 Å². The van der Waals surface area contributed by atoms with Crippen LogP contribution < -0.4 is 11.1 Å². The zero-order chi connectivity index (χ0) is 24.3. The number of alkyl halides is 3. The van der Waals surface area contributed by atoms with Gasteiger partial charge in [0.2, 0.25) is 5.95 Å². The van der Waals surface area contributed by atoms with Crippen LogP contribution in [0.25, 0.3) is 11.2 Å². The lowest BCUT2D eigenvalue weighted by molar-refractivity contribution is -0.182. The van der Waals surface area contributed by atoms with Crippen molar-refractivity contribution in [1.82, 2.24) is 14.5 Å². The smallest absolute Gasteiger partial charge is 0.391 e. The molecule has 33 heavy (non-hydrogen) atoms. The maximum absolute atomic E-state index is 12.0. The molecule has 178 valence electrons. The number of benzene rings is 1. The van der Waals surface area contributed by atoms with Gasteiger partial charge in [0.05, 0.1) is 27.2 Å². The van der Waals surface area contributed by atoms with E-state index in [2.05, 4.69) is 15.3 Å². The zero-order valence-electron chi connectivity index (χ0n) is 17.5. The van der Waals surface area contributed by atoms with Crippen molar-refractivity contribution in [2.75, 3.05) is 5.32 Å². The Labute approximate surface area is 197 Å². The average Bonchev–Trinajstić information content (AvgIpc) is 3.06. The van der Waals surface area contributed by atoms with Gasteiger partial charge in [-0.25, -0.2) is 14.8 Å². The molecule has 0 radical (unpaired) electrons. The van der Waals surface area contributed by atoms with Crippen molar-refractivity contribution in [3.8, 4) is 0 Å². The van der Waals surface area contributed by atoms with Crippen LogP contribution >= 0.6 is 23.2 Å². The molecule has 7 nitrogen and oxygen atoms in total. The van der Waals surface area contributed by atoms with Crippen LogP contribution in [0.15, 0.2) is 30.5 Å². The first-order valence-corrected chi connectivity index (χ1v) is 10.8. The molecular formula is C21H22Cl2F3N5O2. The molecule has 0 aliphatic heterocycles. The number of fused-ring (bicyclic) bond motifs is 1. The number of para-hydroxylation sites is 1. The number of hydrogen-bond donors (Lipinski definition) is 3. The van der Waals surface area contributed by atoms with E-state index >= 15 is 0 Å². The van der Waals surface area contributed by atoms with Crippen LogP contribution in [0, 0.1) is 5.92 Å². The number of carboxylic acids is 1. The van der Waals surface area contributed by atoms with Gasteiger partial charge in [-0.05, 0) is 43.9 Å². The third-order valence-corrected chi connectivity index (χ3v) is 6.02. The summed E-state index contributed by atoms with van der Waals surface area (Å²) in [7, 11) is 1.76. The zero-order valence-corrected chi connectivity index (χ0v) is 19.0. The normalized spacial score (nSPS) is 18.5. The molecule has 4 rings (SSSR count).